The normalized spacial score (nSPS) is 20.7. The molecule has 114 valence electrons. The van der Waals surface area contributed by atoms with Crippen LogP contribution >= 0.6 is 0 Å². The standard InChI is InChI=1S/C16H22N2O3/c1-12(13-7-3-2-4-8-13)17-15(19)11-18-10-6-5-9-14(18)16(20)21/h2-4,7-8,12,14H,5-6,9-11H2,1H3,(H,17,19)(H,20,21). The van der Waals surface area contributed by atoms with Crippen LogP contribution in [0.5, 0.6) is 0 Å². The third kappa shape index (κ3) is 4.29. The third-order valence-electron chi connectivity index (χ3n) is 3.92. The summed E-state index contributed by atoms with van der Waals surface area (Å²) >= 11 is 0. The van der Waals surface area contributed by atoms with Crippen LogP contribution in [0.4, 0.5) is 0 Å². The van der Waals surface area contributed by atoms with E-state index in [1.165, 1.54) is 0 Å². The quantitative estimate of drug-likeness (QED) is 0.867. The Hall–Kier alpha value is -1.88. The molecule has 0 aliphatic carbocycles. The van der Waals surface area contributed by atoms with Gasteiger partial charge in [0.1, 0.15) is 6.04 Å². The third-order valence-corrected chi connectivity index (χ3v) is 3.92. The molecule has 5 nitrogen and oxygen atoms in total. The van der Waals surface area contributed by atoms with E-state index in [1.807, 2.05) is 37.3 Å². The fourth-order valence-electron chi connectivity index (χ4n) is 2.76. The molecule has 2 N–H and O–H groups in total. The molecule has 1 aromatic carbocycles. The molecular weight excluding hydrogens is 268 g/mol. The number of nitrogens with zero attached hydrogens (tertiary/aromatic N) is 1. The van der Waals surface area contributed by atoms with Crippen LogP contribution in [0.1, 0.15) is 37.8 Å². The van der Waals surface area contributed by atoms with Crippen LogP contribution in [0.3, 0.4) is 0 Å². The summed E-state index contributed by atoms with van der Waals surface area (Å²) in [7, 11) is 0. The van der Waals surface area contributed by atoms with Gasteiger partial charge in [-0.1, -0.05) is 36.8 Å². The molecule has 2 atom stereocenters. The number of carboxylic acids is 1. The van der Waals surface area contributed by atoms with Crippen LogP contribution in [-0.4, -0.2) is 41.0 Å². The van der Waals surface area contributed by atoms with E-state index in [-0.39, 0.29) is 18.5 Å². The second-order valence-corrected chi connectivity index (χ2v) is 5.52. The minimum Gasteiger partial charge on any atom is -0.480 e. The van der Waals surface area contributed by atoms with Crippen LogP contribution in [-0.2, 0) is 9.59 Å². The number of nitrogens with one attached hydrogen (secondary N) is 1. The Bertz CT molecular complexity index is 490. The van der Waals surface area contributed by atoms with Crippen molar-refractivity contribution in [2.45, 2.75) is 38.3 Å². The van der Waals surface area contributed by atoms with Gasteiger partial charge < -0.3 is 10.4 Å². The summed E-state index contributed by atoms with van der Waals surface area (Å²) in [6.45, 7) is 2.75. The second-order valence-electron chi connectivity index (χ2n) is 5.52. The van der Waals surface area contributed by atoms with Gasteiger partial charge in [0.25, 0.3) is 0 Å². The lowest BCUT2D eigenvalue weighted by molar-refractivity contribution is -0.145. The number of rotatable bonds is 5. The van der Waals surface area contributed by atoms with Crippen LogP contribution in [0.25, 0.3) is 0 Å². The summed E-state index contributed by atoms with van der Waals surface area (Å²) in [6, 6.07) is 9.12. The molecule has 0 saturated carbocycles. The predicted molar refractivity (Wildman–Crippen MR) is 79.8 cm³/mol. The highest BCUT2D eigenvalue weighted by atomic mass is 16.4. The molecule has 1 saturated heterocycles. The highest BCUT2D eigenvalue weighted by molar-refractivity contribution is 5.80. The van der Waals surface area contributed by atoms with E-state index in [2.05, 4.69) is 5.32 Å². The molecule has 1 heterocycles. The Morgan fingerprint density at radius 3 is 2.71 bits per heavy atom. The van der Waals surface area contributed by atoms with Gasteiger partial charge in [0.05, 0.1) is 12.6 Å². The first-order valence-electron chi connectivity index (χ1n) is 7.39. The van der Waals surface area contributed by atoms with Crippen molar-refractivity contribution < 1.29 is 14.7 Å². The van der Waals surface area contributed by atoms with Crippen molar-refractivity contribution in [2.75, 3.05) is 13.1 Å². The Morgan fingerprint density at radius 2 is 2.05 bits per heavy atom. The SMILES string of the molecule is CC(NC(=O)CN1CCCCC1C(=O)O)c1ccccc1. The summed E-state index contributed by atoms with van der Waals surface area (Å²) in [5, 5.41) is 12.1. The maximum absolute atomic E-state index is 12.1. The monoisotopic (exact) mass is 290 g/mol. The van der Waals surface area contributed by atoms with Gasteiger partial charge in [-0.25, -0.2) is 0 Å². The Balaban J connectivity index is 1.90. The molecule has 0 spiro atoms. The molecule has 1 amide bonds. The molecule has 5 heteroatoms. The van der Waals surface area contributed by atoms with E-state index in [0.717, 1.165) is 18.4 Å². The zero-order valence-corrected chi connectivity index (χ0v) is 12.3. The van der Waals surface area contributed by atoms with Gasteiger partial charge in [0, 0.05) is 0 Å². The van der Waals surface area contributed by atoms with Gasteiger partial charge >= 0.3 is 5.97 Å². The average Bonchev–Trinajstić information content (AvgIpc) is 2.48. The molecule has 1 fully saturated rings. The lowest BCUT2D eigenvalue weighted by atomic mass is 10.0. The molecule has 0 bridgehead atoms. The number of carbonyl (C=O) groups excluding carboxylic acids is 1. The van der Waals surface area contributed by atoms with Gasteiger partial charge in [0.15, 0.2) is 0 Å². The van der Waals surface area contributed by atoms with Crippen molar-refractivity contribution in [3.63, 3.8) is 0 Å². The molecule has 0 aromatic heterocycles. The summed E-state index contributed by atoms with van der Waals surface area (Å²) in [5.41, 5.74) is 1.04. The summed E-state index contributed by atoms with van der Waals surface area (Å²) in [6.07, 6.45) is 2.48. The zero-order valence-electron chi connectivity index (χ0n) is 12.3. The first kappa shape index (κ1) is 15.5. The van der Waals surface area contributed by atoms with Gasteiger partial charge in [-0.05, 0) is 31.9 Å². The number of likely N-dealkylation sites (tertiary alicyclic amines) is 1. The zero-order chi connectivity index (χ0) is 15.2. The molecule has 0 radical (unpaired) electrons. The molecule has 2 unspecified atom stereocenters. The lowest BCUT2D eigenvalue weighted by Crippen LogP contribution is -2.49. The van der Waals surface area contributed by atoms with Crippen molar-refractivity contribution in [3.8, 4) is 0 Å². The number of piperidine rings is 1. The van der Waals surface area contributed by atoms with Crippen LogP contribution < -0.4 is 5.32 Å². The van der Waals surface area contributed by atoms with E-state index in [9.17, 15) is 14.7 Å². The lowest BCUT2D eigenvalue weighted by Gasteiger charge is -2.32. The minimum atomic E-state index is -0.835. The number of hydrogen-bond donors (Lipinski definition) is 2. The fraction of sp³-hybridized carbons (Fsp3) is 0.500. The van der Waals surface area contributed by atoms with E-state index >= 15 is 0 Å². The number of amides is 1. The van der Waals surface area contributed by atoms with Crippen LogP contribution in [0, 0.1) is 0 Å². The van der Waals surface area contributed by atoms with E-state index in [4.69, 9.17) is 0 Å². The van der Waals surface area contributed by atoms with Gasteiger partial charge in [-0.3, -0.25) is 14.5 Å². The minimum absolute atomic E-state index is 0.0771. The summed E-state index contributed by atoms with van der Waals surface area (Å²) in [5.74, 6) is -0.960. The largest absolute Gasteiger partial charge is 0.480 e. The van der Waals surface area contributed by atoms with Crippen molar-refractivity contribution in [1.82, 2.24) is 10.2 Å². The summed E-state index contributed by atoms with van der Waals surface area (Å²) in [4.78, 5) is 25.1. The molecule has 1 aliphatic rings. The van der Waals surface area contributed by atoms with Crippen LogP contribution in [0.2, 0.25) is 0 Å². The fourth-order valence-corrected chi connectivity index (χ4v) is 2.76. The average molecular weight is 290 g/mol. The van der Waals surface area contributed by atoms with Crippen molar-refractivity contribution >= 4 is 11.9 Å². The van der Waals surface area contributed by atoms with Gasteiger partial charge in [-0.15, -0.1) is 0 Å². The van der Waals surface area contributed by atoms with E-state index < -0.39 is 12.0 Å². The molecule has 21 heavy (non-hydrogen) atoms. The van der Waals surface area contributed by atoms with Crippen molar-refractivity contribution in [1.29, 1.82) is 0 Å². The molecule has 1 aromatic rings. The Labute approximate surface area is 125 Å². The van der Waals surface area contributed by atoms with Crippen molar-refractivity contribution in [3.05, 3.63) is 35.9 Å². The van der Waals surface area contributed by atoms with E-state index in [1.54, 1.807) is 4.90 Å². The van der Waals surface area contributed by atoms with Crippen molar-refractivity contribution in [2.24, 2.45) is 0 Å². The Kier molecular flexibility index (Phi) is 5.33. The maximum Gasteiger partial charge on any atom is 0.320 e. The number of hydrogen-bond acceptors (Lipinski definition) is 3. The number of benzene rings is 1. The van der Waals surface area contributed by atoms with Crippen LogP contribution in [0.15, 0.2) is 30.3 Å². The highest BCUT2D eigenvalue weighted by Gasteiger charge is 2.29. The first-order valence-corrected chi connectivity index (χ1v) is 7.39. The smallest absolute Gasteiger partial charge is 0.320 e. The predicted octanol–water partition coefficient (Wildman–Crippen LogP) is 1.80. The van der Waals surface area contributed by atoms with Gasteiger partial charge in [0.2, 0.25) is 5.91 Å². The number of carbonyl (C=O) groups is 2. The first-order chi connectivity index (χ1) is 10.1. The number of carboxylic acid groups (broad SMARTS) is 1. The maximum atomic E-state index is 12.1. The summed E-state index contributed by atoms with van der Waals surface area (Å²) < 4.78 is 0. The molecular formula is C16H22N2O3. The van der Waals surface area contributed by atoms with Gasteiger partial charge in [-0.2, -0.15) is 0 Å². The highest BCUT2D eigenvalue weighted by Crippen LogP contribution is 2.17. The topological polar surface area (TPSA) is 69.6 Å². The number of aliphatic carboxylic acids is 1. The Morgan fingerprint density at radius 1 is 1.33 bits per heavy atom. The molecule has 2 rings (SSSR count). The second kappa shape index (κ2) is 7.22. The molecule has 1 aliphatic heterocycles. The van der Waals surface area contributed by atoms with E-state index in [0.29, 0.717) is 13.0 Å².